The summed E-state index contributed by atoms with van der Waals surface area (Å²) in [6.45, 7) is 8.50. The highest BCUT2D eigenvalue weighted by atomic mass is 32.1. The van der Waals surface area contributed by atoms with Gasteiger partial charge in [0.05, 0.1) is 0 Å². The van der Waals surface area contributed by atoms with Gasteiger partial charge in [0.1, 0.15) is 10.6 Å². The number of rotatable bonds is 4. The van der Waals surface area contributed by atoms with E-state index < -0.39 is 0 Å². The summed E-state index contributed by atoms with van der Waals surface area (Å²) in [6, 6.07) is 0.489. The first kappa shape index (κ1) is 16.1. The van der Waals surface area contributed by atoms with Crippen molar-refractivity contribution in [2.24, 2.45) is 5.41 Å². The Morgan fingerprint density at radius 2 is 2.00 bits per heavy atom. The molecular weight excluding hydrogens is 284 g/mol. The molecule has 0 atom stereocenters. The van der Waals surface area contributed by atoms with E-state index >= 15 is 0 Å². The Kier molecular flexibility index (Phi) is 4.76. The van der Waals surface area contributed by atoms with Gasteiger partial charge >= 0.3 is 0 Å². The summed E-state index contributed by atoms with van der Waals surface area (Å²) < 4.78 is 4.14. The zero-order valence-electron chi connectivity index (χ0n) is 13.3. The van der Waals surface area contributed by atoms with E-state index in [2.05, 4.69) is 28.9 Å². The Hall–Kier alpha value is -1.30. The molecule has 1 aliphatic carbocycles. The molecule has 6 heteroatoms. The van der Waals surface area contributed by atoms with Crippen LogP contribution in [-0.2, 0) is 0 Å². The quantitative estimate of drug-likeness (QED) is 0.797. The second-order valence-corrected chi connectivity index (χ2v) is 7.76. The van der Waals surface area contributed by atoms with Crippen LogP contribution in [0.4, 0.5) is 10.8 Å². The van der Waals surface area contributed by atoms with Crippen LogP contribution in [0.5, 0.6) is 0 Å². The third kappa shape index (κ3) is 4.09. The van der Waals surface area contributed by atoms with E-state index in [1.807, 2.05) is 13.8 Å². The molecule has 1 aliphatic rings. The average Bonchev–Trinajstić information content (AvgIpc) is 2.72. The van der Waals surface area contributed by atoms with Crippen LogP contribution in [0.25, 0.3) is 0 Å². The third-order valence-electron chi connectivity index (χ3n) is 4.04. The molecule has 1 fully saturated rings. The van der Waals surface area contributed by atoms with Crippen molar-refractivity contribution < 1.29 is 4.79 Å². The Labute approximate surface area is 130 Å². The monoisotopic (exact) mass is 310 g/mol. The van der Waals surface area contributed by atoms with E-state index in [-0.39, 0.29) is 11.9 Å². The number of amides is 1. The lowest BCUT2D eigenvalue weighted by Gasteiger charge is -2.34. The molecule has 1 aromatic rings. The Morgan fingerprint density at radius 3 is 2.57 bits per heavy atom. The molecule has 1 aromatic heterocycles. The first-order chi connectivity index (χ1) is 9.78. The van der Waals surface area contributed by atoms with Crippen LogP contribution in [0.15, 0.2) is 0 Å². The summed E-state index contributed by atoms with van der Waals surface area (Å²) in [7, 11) is 0. The molecule has 118 valence electrons. The van der Waals surface area contributed by atoms with Crippen LogP contribution in [0.1, 0.15) is 63.7 Å². The number of nitrogens with one attached hydrogen (secondary N) is 2. The number of nitrogens with zero attached hydrogens (tertiary/aromatic N) is 1. The van der Waals surface area contributed by atoms with Crippen LogP contribution < -0.4 is 16.4 Å². The van der Waals surface area contributed by atoms with Crippen molar-refractivity contribution in [2.45, 2.75) is 65.5 Å². The summed E-state index contributed by atoms with van der Waals surface area (Å²) in [5.74, 6) is 0.173. The van der Waals surface area contributed by atoms with Crippen LogP contribution in [0.3, 0.4) is 0 Å². The van der Waals surface area contributed by atoms with E-state index in [4.69, 9.17) is 5.73 Å². The largest absolute Gasteiger partial charge is 0.382 e. The highest BCUT2D eigenvalue weighted by molar-refractivity contribution is 7.11. The number of hydrogen-bond donors (Lipinski definition) is 3. The zero-order valence-corrected chi connectivity index (χ0v) is 14.1. The molecule has 0 spiro atoms. The van der Waals surface area contributed by atoms with Crippen molar-refractivity contribution >= 4 is 28.3 Å². The minimum absolute atomic E-state index is 0.0835. The van der Waals surface area contributed by atoms with Crippen LogP contribution >= 0.6 is 11.5 Å². The number of carbonyl (C=O) groups is 1. The van der Waals surface area contributed by atoms with Gasteiger partial charge in [0.2, 0.25) is 0 Å². The molecule has 1 heterocycles. The van der Waals surface area contributed by atoms with Gasteiger partial charge < -0.3 is 16.4 Å². The minimum Gasteiger partial charge on any atom is -0.382 e. The maximum absolute atomic E-state index is 12.2. The third-order valence-corrected chi connectivity index (χ3v) is 4.83. The molecule has 0 unspecified atom stereocenters. The predicted molar refractivity (Wildman–Crippen MR) is 88.8 cm³/mol. The number of anilines is 2. The fourth-order valence-corrected chi connectivity index (χ4v) is 3.47. The standard InChI is InChI=1S/C15H26N4OS/c1-9(2)17-13(20)11-12(16)19-21-14(11)18-10-5-7-15(3,4)8-6-10/h9-10,18H,5-8H2,1-4H3,(H2,16,19)(H,17,20). The lowest BCUT2D eigenvalue weighted by atomic mass is 9.75. The molecule has 1 amide bonds. The molecule has 0 aliphatic heterocycles. The van der Waals surface area contributed by atoms with Gasteiger partial charge in [-0.2, -0.15) is 4.37 Å². The van der Waals surface area contributed by atoms with Gasteiger partial charge in [0.15, 0.2) is 5.82 Å². The lowest BCUT2D eigenvalue weighted by molar-refractivity contribution is 0.0945. The number of nitrogen functional groups attached to an aromatic ring is 1. The van der Waals surface area contributed by atoms with Gasteiger partial charge in [-0.05, 0) is 56.5 Å². The summed E-state index contributed by atoms with van der Waals surface area (Å²) in [6.07, 6.45) is 4.64. The first-order valence-corrected chi connectivity index (χ1v) is 8.38. The van der Waals surface area contributed by atoms with Crippen molar-refractivity contribution in [1.82, 2.24) is 9.69 Å². The zero-order chi connectivity index (χ0) is 15.6. The number of aromatic nitrogens is 1. The number of hydrogen-bond acceptors (Lipinski definition) is 5. The molecule has 0 aromatic carbocycles. The number of carbonyl (C=O) groups excluding carboxylic acids is 1. The van der Waals surface area contributed by atoms with Gasteiger partial charge in [-0.1, -0.05) is 13.8 Å². The molecule has 0 saturated heterocycles. The minimum atomic E-state index is -0.144. The normalized spacial score (nSPS) is 18.7. The molecule has 1 saturated carbocycles. The van der Waals surface area contributed by atoms with Crippen LogP contribution in [0.2, 0.25) is 0 Å². The van der Waals surface area contributed by atoms with Gasteiger partial charge in [0, 0.05) is 12.1 Å². The molecule has 5 nitrogen and oxygen atoms in total. The van der Waals surface area contributed by atoms with Gasteiger partial charge in [0.25, 0.3) is 5.91 Å². The average molecular weight is 310 g/mol. The molecule has 0 bridgehead atoms. The highest BCUT2D eigenvalue weighted by Crippen LogP contribution is 2.37. The fraction of sp³-hybridized carbons (Fsp3) is 0.733. The Balaban J connectivity index is 2.06. The second kappa shape index (κ2) is 6.22. The smallest absolute Gasteiger partial charge is 0.258 e. The highest BCUT2D eigenvalue weighted by Gasteiger charge is 2.28. The second-order valence-electron chi connectivity index (χ2n) is 6.98. The summed E-state index contributed by atoms with van der Waals surface area (Å²) in [5, 5.41) is 7.16. The van der Waals surface area contributed by atoms with Gasteiger partial charge in [-0.25, -0.2) is 0 Å². The van der Waals surface area contributed by atoms with Crippen LogP contribution in [-0.4, -0.2) is 22.4 Å². The van der Waals surface area contributed by atoms with Gasteiger partial charge in [-0.15, -0.1) is 0 Å². The van der Waals surface area contributed by atoms with E-state index in [0.717, 1.165) is 17.8 Å². The molecular formula is C15H26N4OS. The van der Waals surface area contributed by atoms with Crippen molar-refractivity contribution in [1.29, 1.82) is 0 Å². The molecule has 4 N–H and O–H groups in total. The fourth-order valence-electron chi connectivity index (χ4n) is 2.68. The Bertz CT molecular complexity index is 500. The van der Waals surface area contributed by atoms with Crippen LogP contribution in [0, 0.1) is 5.41 Å². The maximum atomic E-state index is 12.2. The van der Waals surface area contributed by atoms with Crippen molar-refractivity contribution in [3.8, 4) is 0 Å². The SMILES string of the molecule is CC(C)NC(=O)c1c(N)nsc1NC1CCC(C)(C)CC1. The molecule has 2 rings (SSSR count). The topological polar surface area (TPSA) is 80.0 Å². The van der Waals surface area contributed by atoms with E-state index in [0.29, 0.717) is 22.8 Å². The van der Waals surface area contributed by atoms with Gasteiger partial charge in [-0.3, -0.25) is 4.79 Å². The summed E-state index contributed by atoms with van der Waals surface area (Å²) in [4.78, 5) is 12.2. The first-order valence-electron chi connectivity index (χ1n) is 7.61. The molecule has 0 radical (unpaired) electrons. The lowest BCUT2D eigenvalue weighted by Crippen LogP contribution is -2.33. The maximum Gasteiger partial charge on any atom is 0.258 e. The van der Waals surface area contributed by atoms with E-state index in [9.17, 15) is 4.79 Å². The van der Waals surface area contributed by atoms with E-state index in [1.54, 1.807) is 0 Å². The van der Waals surface area contributed by atoms with Crippen molar-refractivity contribution in [3.63, 3.8) is 0 Å². The summed E-state index contributed by atoms with van der Waals surface area (Å²) in [5.41, 5.74) is 6.80. The number of nitrogens with two attached hydrogens (primary N) is 1. The van der Waals surface area contributed by atoms with E-state index in [1.165, 1.54) is 24.4 Å². The van der Waals surface area contributed by atoms with Crippen molar-refractivity contribution in [3.05, 3.63) is 5.56 Å². The van der Waals surface area contributed by atoms with Crippen molar-refractivity contribution in [2.75, 3.05) is 11.1 Å². The predicted octanol–water partition coefficient (Wildman–Crippen LogP) is 3.24. The Morgan fingerprint density at radius 1 is 1.38 bits per heavy atom. The molecule has 21 heavy (non-hydrogen) atoms. The summed E-state index contributed by atoms with van der Waals surface area (Å²) >= 11 is 1.28.